The van der Waals surface area contributed by atoms with Gasteiger partial charge in [-0.25, -0.2) is 4.98 Å². The Morgan fingerprint density at radius 2 is 1.88 bits per heavy atom. The summed E-state index contributed by atoms with van der Waals surface area (Å²) >= 11 is 0. The molecular formula is C12H14N2O2. The highest BCUT2D eigenvalue weighted by Crippen LogP contribution is 2.20. The van der Waals surface area contributed by atoms with Gasteiger partial charge in [-0.1, -0.05) is 32.9 Å². The topological polar surface area (TPSA) is 55.1 Å². The van der Waals surface area contributed by atoms with Crippen molar-refractivity contribution in [2.75, 3.05) is 0 Å². The largest absolute Gasteiger partial charge is 0.424 e. The number of hydrogen-bond acceptors (Lipinski definition) is 3. The first kappa shape index (κ1) is 10.7. The quantitative estimate of drug-likeness (QED) is 0.687. The number of rotatable bonds is 0. The molecule has 0 saturated heterocycles. The maximum absolute atomic E-state index is 11.9. The predicted octanol–water partition coefficient (Wildman–Crippen LogP) is 1.93. The summed E-state index contributed by atoms with van der Waals surface area (Å²) in [6.07, 6.45) is 0. The third-order valence-electron chi connectivity index (χ3n) is 2.42. The van der Waals surface area contributed by atoms with E-state index in [1.54, 1.807) is 18.2 Å². The van der Waals surface area contributed by atoms with Crippen molar-refractivity contribution in [2.45, 2.75) is 26.2 Å². The van der Waals surface area contributed by atoms with Crippen molar-refractivity contribution in [3.63, 3.8) is 0 Å². The smallest absolute Gasteiger partial charge is 0.294 e. The molecule has 2 rings (SSSR count). The van der Waals surface area contributed by atoms with Crippen molar-refractivity contribution in [2.24, 2.45) is 0 Å². The maximum atomic E-state index is 11.9. The molecule has 0 unspecified atom stereocenters. The van der Waals surface area contributed by atoms with Crippen LogP contribution in [0.15, 0.2) is 29.1 Å². The molecule has 0 aliphatic heterocycles. The van der Waals surface area contributed by atoms with Gasteiger partial charge in [-0.3, -0.25) is 4.79 Å². The fourth-order valence-corrected chi connectivity index (χ4v) is 1.61. The number of hydrogen-bond donors (Lipinski definition) is 1. The molecule has 16 heavy (non-hydrogen) atoms. The highest BCUT2D eigenvalue weighted by molar-refractivity contribution is 5.77. The molecule has 0 amide bonds. The fourth-order valence-electron chi connectivity index (χ4n) is 1.61. The molecule has 4 nitrogen and oxygen atoms in total. The number of fused-ring (bicyclic) bond motifs is 1. The van der Waals surface area contributed by atoms with Crippen LogP contribution in [0.3, 0.4) is 0 Å². The normalized spacial score (nSPS) is 11.9. The van der Waals surface area contributed by atoms with Gasteiger partial charge in [0.05, 0.1) is 10.9 Å². The molecule has 1 heterocycles. The first-order valence-electron chi connectivity index (χ1n) is 5.13. The van der Waals surface area contributed by atoms with E-state index in [4.69, 9.17) is 0 Å². The van der Waals surface area contributed by atoms with E-state index in [2.05, 4.69) is 4.98 Å². The lowest BCUT2D eigenvalue weighted by Gasteiger charge is -2.19. The first-order valence-corrected chi connectivity index (χ1v) is 5.13. The van der Waals surface area contributed by atoms with Crippen LogP contribution >= 0.6 is 0 Å². The molecule has 1 aromatic heterocycles. The SMILES string of the molecule is CC(C)(C)c1nc2ccccc2c(=O)n1O. The van der Waals surface area contributed by atoms with Gasteiger partial charge in [0, 0.05) is 5.41 Å². The summed E-state index contributed by atoms with van der Waals surface area (Å²) in [5.74, 6) is 0.371. The molecule has 0 atom stereocenters. The maximum Gasteiger partial charge on any atom is 0.294 e. The molecule has 84 valence electrons. The highest BCUT2D eigenvalue weighted by Gasteiger charge is 2.22. The molecule has 2 aromatic rings. The molecule has 0 aliphatic rings. The van der Waals surface area contributed by atoms with E-state index in [9.17, 15) is 10.0 Å². The van der Waals surface area contributed by atoms with Crippen molar-refractivity contribution < 1.29 is 5.21 Å². The lowest BCUT2D eigenvalue weighted by atomic mass is 9.95. The molecule has 0 fully saturated rings. The predicted molar refractivity (Wildman–Crippen MR) is 61.9 cm³/mol. The van der Waals surface area contributed by atoms with Crippen molar-refractivity contribution in [1.29, 1.82) is 0 Å². The van der Waals surface area contributed by atoms with Gasteiger partial charge in [-0.15, -0.1) is 4.73 Å². The molecule has 1 N–H and O–H groups in total. The van der Waals surface area contributed by atoms with Crippen LogP contribution < -0.4 is 5.56 Å². The van der Waals surface area contributed by atoms with Crippen LogP contribution in [-0.4, -0.2) is 14.9 Å². The lowest BCUT2D eigenvalue weighted by Crippen LogP contribution is -2.30. The molecule has 1 aromatic carbocycles. The number of nitrogens with zero attached hydrogens (tertiary/aromatic N) is 2. The average molecular weight is 218 g/mol. The minimum Gasteiger partial charge on any atom is -0.424 e. The van der Waals surface area contributed by atoms with E-state index in [0.717, 1.165) is 0 Å². The Bertz CT molecular complexity index is 594. The third kappa shape index (κ3) is 1.56. The van der Waals surface area contributed by atoms with E-state index in [1.807, 2.05) is 26.8 Å². The molecule has 0 aliphatic carbocycles. The first-order chi connectivity index (χ1) is 7.41. The van der Waals surface area contributed by atoms with E-state index in [0.29, 0.717) is 21.5 Å². The number of aromatic nitrogens is 2. The van der Waals surface area contributed by atoms with Crippen LogP contribution in [0.2, 0.25) is 0 Å². The zero-order valence-corrected chi connectivity index (χ0v) is 9.56. The van der Waals surface area contributed by atoms with Crippen LogP contribution in [-0.2, 0) is 5.41 Å². The Balaban J connectivity index is 2.90. The summed E-state index contributed by atoms with van der Waals surface area (Å²) in [6.45, 7) is 5.70. The molecule has 0 radical (unpaired) electrons. The van der Waals surface area contributed by atoms with Crippen molar-refractivity contribution in [3.05, 3.63) is 40.4 Å². The Labute approximate surface area is 93.1 Å². The van der Waals surface area contributed by atoms with Gasteiger partial charge in [0.2, 0.25) is 0 Å². The van der Waals surface area contributed by atoms with E-state index in [1.165, 1.54) is 0 Å². The summed E-state index contributed by atoms with van der Waals surface area (Å²) in [5.41, 5.74) is -0.184. The van der Waals surface area contributed by atoms with Gasteiger partial charge in [0.15, 0.2) is 5.82 Å². The minimum atomic E-state index is -0.421. The van der Waals surface area contributed by atoms with Gasteiger partial charge in [-0.05, 0) is 12.1 Å². The van der Waals surface area contributed by atoms with E-state index in [-0.39, 0.29) is 5.41 Å². The van der Waals surface area contributed by atoms with Crippen LogP contribution in [0.1, 0.15) is 26.6 Å². The van der Waals surface area contributed by atoms with Gasteiger partial charge < -0.3 is 5.21 Å². The standard InChI is InChI=1S/C12H14N2O2/c1-12(2,3)11-13-9-7-5-4-6-8(9)10(15)14(11)16/h4-7,16H,1-3H3. The zero-order valence-electron chi connectivity index (χ0n) is 9.56. The highest BCUT2D eigenvalue weighted by atomic mass is 16.5. The van der Waals surface area contributed by atoms with Crippen LogP contribution in [0.25, 0.3) is 10.9 Å². The zero-order chi connectivity index (χ0) is 11.9. The Morgan fingerprint density at radius 3 is 2.50 bits per heavy atom. The second kappa shape index (κ2) is 3.33. The third-order valence-corrected chi connectivity index (χ3v) is 2.42. The monoisotopic (exact) mass is 218 g/mol. The Kier molecular flexibility index (Phi) is 2.22. The van der Waals surface area contributed by atoms with Crippen molar-refractivity contribution in [1.82, 2.24) is 9.71 Å². The molecule has 0 spiro atoms. The summed E-state index contributed by atoms with van der Waals surface area (Å²) in [5, 5.41) is 10.2. The molecule has 4 heteroatoms. The molecule has 0 bridgehead atoms. The van der Waals surface area contributed by atoms with E-state index < -0.39 is 5.56 Å². The summed E-state index contributed by atoms with van der Waals surface area (Å²) < 4.78 is 0.641. The van der Waals surface area contributed by atoms with Crippen molar-refractivity contribution in [3.8, 4) is 0 Å². The summed E-state index contributed by atoms with van der Waals surface area (Å²) in [6, 6.07) is 7.00. The summed E-state index contributed by atoms with van der Waals surface area (Å²) in [4.78, 5) is 16.2. The van der Waals surface area contributed by atoms with Gasteiger partial charge >= 0.3 is 0 Å². The van der Waals surface area contributed by atoms with Crippen molar-refractivity contribution >= 4 is 10.9 Å². The molecule has 0 saturated carbocycles. The van der Waals surface area contributed by atoms with Crippen LogP contribution in [0.5, 0.6) is 0 Å². The second-order valence-electron chi connectivity index (χ2n) is 4.82. The molecular weight excluding hydrogens is 204 g/mol. The van der Waals surface area contributed by atoms with Crippen LogP contribution in [0.4, 0.5) is 0 Å². The minimum absolute atomic E-state index is 0.371. The van der Waals surface area contributed by atoms with Crippen LogP contribution in [0, 0.1) is 0 Å². The number of para-hydroxylation sites is 1. The second-order valence-corrected chi connectivity index (χ2v) is 4.82. The van der Waals surface area contributed by atoms with E-state index >= 15 is 0 Å². The Hall–Kier alpha value is -1.84. The van der Waals surface area contributed by atoms with Gasteiger partial charge in [0.1, 0.15) is 0 Å². The average Bonchev–Trinajstić information content (AvgIpc) is 2.22. The van der Waals surface area contributed by atoms with Gasteiger partial charge in [0.25, 0.3) is 5.56 Å². The fraction of sp³-hybridized carbons (Fsp3) is 0.333. The number of benzene rings is 1. The Morgan fingerprint density at radius 1 is 1.25 bits per heavy atom. The summed E-state index contributed by atoms with van der Waals surface area (Å²) in [7, 11) is 0. The van der Waals surface area contributed by atoms with Gasteiger partial charge in [-0.2, -0.15) is 0 Å². The lowest BCUT2D eigenvalue weighted by molar-refractivity contribution is 0.151.